The molecule has 0 bridgehead atoms. The Labute approximate surface area is 214 Å². The fourth-order valence-corrected chi connectivity index (χ4v) is 4.74. The van der Waals surface area contributed by atoms with Crippen LogP contribution < -0.4 is 21.3 Å². The number of hydrogen-bond acceptors (Lipinski definition) is 8. The molecule has 2 atom stereocenters. The topological polar surface area (TPSA) is 155 Å². The van der Waals surface area contributed by atoms with Gasteiger partial charge in [-0.3, -0.25) is 14.3 Å². The van der Waals surface area contributed by atoms with Crippen molar-refractivity contribution in [2.24, 2.45) is 5.73 Å². The zero-order chi connectivity index (χ0) is 25.9. The summed E-state index contributed by atoms with van der Waals surface area (Å²) in [4.78, 5) is 36.0. The predicted molar refractivity (Wildman–Crippen MR) is 137 cm³/mol. The first-order valence-corrected chi connectivity index (χ1v) is 12.4. The van der Waals surface area contributed by atoms with Gasteiger partial charge in [0.2, 0.25) is 0 Å². The largest absolute Gasteiger partial charge is 0.364 e. The molecule has 1 aliphatic heterocycles. The van der Waals surface area contributed by atoms with E-state index in [9.17, 15) is 9.59 Å². The van der Waals surface area contributed by atoms with E-state index in [1.54, 1.807) is 6.20 Å². The van der Waals surface area contributed by atoms with Gasteiger partial charge >= 0.3 is 0 Å². The van der Waals surface area contributed by atoms with Crippen LogP contribution in [0.3, 0.4) is 0 Å². The molecule has 1 saturated carbocycles. The van der Waals surface area contributed by atoms with Crippen molar-refractivity contribution in [1.82, 2.24) is 25.1 Å². The maximum Gasteiger partial charge on any atom is 0.271 e. The van der Waals surface area contributed by atoms with Crippen LogP contribution in [0, 0.1) is 11.3 Å². The number of nitriles is 1. The molecule has 5 rings (SSSR count). The fraction of sp³-hybridized carbons (Fsp3) is 0.385. The number of nitrogens with zero attached hydrogens (tertiary/aromatic N) is 6. The number of rotatable bonds is 8. The zero-order valence-electron chi connectivity index (χ0n) is 20.6. The number of carbonyl (C=O) groups is 2. The lowest BCUT2D eigenvalue weighted by atomic mass is 9.97. The number of carbonyl (C=O) groups excluding carboxylic acids is 2. The molecule has 2 amide bonds. The number of amides is 2. The van der Waals surface area contributed by atoms with Gasteiger partial charge in [-0.15, -0.1) is 0 Å². The Kier molecular flexibility index (Phi) is 6.72. The van der Waals surface area contributed by atoms with E-state index in [-0.39, 0.29) is 36.0 Å². The minimum atomic E-state index is -0.712. The molecule has 2 aromatic heterocycles. The molecule has 1 aliphatic carbocycles. The van der Waals surface area contributed by atoms with Crippen LogP contribution in [0.4, 0.5) is 17.3 Å². The lowest BCUT2D eigenvalue weighted by Crippen LogP contribution is -2.54. The summed E-state index contributed by atoms with van der Waals surface area (Å²) in [6.07, 6.45) is 8.86. The van der Waals surface area contributed by atoms with Crippen LogP contribution in [0.25, 0.3) is 0 Å². The molecule has 11 nitrogen and oxygen atoms in total. The minimum Gasteiger partial charge on any atom is -0.364 e. The average molecular weight is 500 g/mol. The van der Waals surface area contributed by atoms with Crippen molar-refractivity contribution < 1.29 is 9.59 Å². The first-order chi connectivity index (χ1) is 17.9. The molecule has 11 heteroatoms. The first kappa shape index (κ1) is 24.2. The summed E-state index contributed by atoms with van der Waals surface area (Å²) < 4.78 is 1.46. The van der Waals surface area contributed by atoms with Crippen LogP contribution >= 0.6 is 0 Å². The highest BCUT2D eigenvalue weighted by atomic mass is 16.2. The van der Waals surface area contributed by atoms with Crippen LogP contribution in [0.2, 0.25) is 0 Å². The number of primary amides is 1. The quantitative estimate of drug-likeness (QED) is 0.427. The standard InChI is InChI=1S/C26H29N9O2/c1-16-21(32-26(37)19-8-6-18(7-9-19)17-4-5-17)3-2-11-35(16)22-14-29-23(24(28)36)25(33-22)31-20-13-30-34(15-20)12-10-27/h6-9,13-17,21H,2-5,11-12H2,1H3,(H2,28,36)(H,31,33)(H,32,37)/t16-,21-/m1/s1. The predicted octanol–water partition coefficient (Wildman–Crippen LogP) is 2.70. The van der Waals surface area contributed by atoms with Crippen molar-refractivity contribution >= 4 is 29.1 Å². The Morgan fingerprint density at radius 2 is 1.97 bits per heavy atom. The summed E-state index contributed by atoms with van der Waals surface area (Å²) in [7, 11) is 0. The molecule has 0 unspecified atom stereocenters. The van der Waals surface area contributed by atoms with E-state index < -0.39 is 5.91 Å². The van der Waals surface area contributed by atoms with Crippen LogP contribution in [0.1, 0.15) is 64.9 Å². The van der Waals surface area contributed by atoms with Crippen molar-refractivity contribution in [2.45, 2.75) is 57.2 Å². The van der Waals surface area contributed by atoms with Gasteiger partial charge < -0.3 is 21.3 Å². The number of aromatic nitrogens is 4. The molecule has 2 fully saturated rings. The van der Waals surface area contributed by atoms with Crippen molar-refractivity contribution in [3.05, 3.63) is 59.7 Å². The number of hydrogen-bond donors (Lipinski definition) is 3. The molecule has 0 spiro atoms. The Balaban J connectivity index is 1.32. The molecule has 1 aromatic carbocycles. The molecule has 3 heterocycles. The average Bonchev–Trinajstić information content (AvgIpc) is 3.66. The highest BCUT2D eigenvalue weighted by Gasteiger charge is 2.31. The highest BCUT2D eigenvalue weighted by molar-refractivity contribution is 5.96. The number of anilines is 3. The SMILES string of the molecule is C[C@@H]1[C@H](NC(=O)c2ccc(C3CC3)cc2)CCCN1c1cnc(C(N)=O)c(Nc2cnn(CC#N)c2)n1. The normalized spacial score (nSPS) is 19.2. The second-order valence-corrected chi connectivity index (χ2v) is 9.55. The van der Waals surface area contributed by atoms with E-state index in [4.69, 9.17) is 11.0 Å². The summed E-state index contributed by atoms with van der Waals surface area (Å²) in [5.74, 6) is 0.621. The van der Waals surface area contributed by atoms with E-state index in [0.29, 0.717) is 23.0 Å². The number of benzene rings is 1. The van der Waals surface area contributed by atoms with Gasteiger partial charge in [0.25, 0.3) is 11.8 Å². The third kappa shape index (κ3) is 5.38. The second-order valence-electron chi connectivity index (χ2n) is 9.55. The van der Waals surface area contributed by atoms with Gasteiger partial charge in [0.05, 0.1) is 24.2 Å². The summed E-state index contributed by atoms with van der Waals surface area (Å²) >= 11 is 0. The Morgan fingerprint density at radius 3 is 2.68 bits per heavy atom. The Morgan fingerprint density at radius 1 is 1.19 bits per heavy atom. The summed E-state index contributed by atoms with van der Waals surface area (Å²) in [6.45, 7) is 2.87. The molecule has 37 heavy (non-hydrogen) atoms. The third-order valence-corrected chi connectivity index (χ3v) is 6.94. The molecule has 0 radical (unpaired) electrons. The van der Waals surface area contributed by atoms with E-state index in [1.807, 2.05) is 25.1 Å². The van der Waals surface area contributed by atoms with Crippen molar-refractivity contribution in [3.63, 3.8) is 0 Å². The summed E-state index contributed by atoms with van der Waals surface area (Å²) in [5, 5.41) is 19.2. The molecule has 2 aliphatic rings. The van der Waals surface area contributed by atoms with E-state index in [1.165, 1.54) is 35.5 Å². The number of nitrogens with one attached hydrogen (secondary N) is 2. The molecule has 3 aromatic rings. The van der Waals surface area contributed by atoms with Crippen LogP contribution in [-0.4, -0.2) is 50.2 Å². The van der Waals surface area contributed by atoms with Gasteiger partial charge in [0.15, 0.2) is 11.5 Å². The van der Waals surface area contributed by atoms with Gasteiger partial charge in [0, 0.05) is 30.4 Å². The third-order valence-electron chi connectivity index (χ3n) is 6.94. The molecule has 4 N–H and O–H groups in total. The Bertz CT molecular complexity index is 1340. The van der Waals surface area contributed by atoms with Crippen LogP contribution in [-0.2, 0) is 6.54 Å². The monoisotopic (exact) mass is 499 g/mol. The van der Waals surface area contributed by atoms with E-state index >= 15 is 0 Å². The van der Waals surface area contributed by atoms with E-state index in [2.05, 4.69) is 42.7 Å². The summed E-state index contributed by atoms with van der Waals surface area (Å²) in [6, 6.07) is 9.80. The van der Waals surface area contributed by atoms with Gasteiger partial charge in [-0.2, -0.15) is 10.4 Å². The van der Waals surface area contributed by atoms with Crippen LogP contribution in [0.15, 0.2) is 42.9 Å². The maximum atomic E-state index is 13.0. The lowest BCUT2D eigenvalue weighted by molar-refractivity contribution is 0.0923. The lowest BCUT2D eigenvalue weighted by Gasteiger charge is -2.40. The van der Waals surface area contributed by atoms with Crippen molar-refractivity contribution in [3.8, 4) is 6.07 Å². The van der Waals surface area contributed by atoms with Gasteiger partial charge in [-0.25, -0.2) is 9.97 Å². The molecular formula is C26H29N9O2. The van der Waals surface area contributed by atoms with E-state index in [0.717, 1.165) is 19.4 Å². The summed E-state index contributed by atoms with van der Waals surface area (Å²) in [5.41, 5.74) is 8.04. The highest BCUT2D eigenvalue weighted by Crippen LogP contribution is 2.39. The van der Waals surface area contributed by atoms with Gasteiger partial charge in [0.1, 0.15) is 12.4 Å². The van der Waals surface area contributed by atoms with Crippen molar-refractivity contribution in [2.75, 3.05) is 16.8 Å². The molecular weight excluding hydrogens is 470 g/mol. The maximum absolute atomic E-state index is 13.0. The Hall–Kier alpha value is -4.46. The van der Waals surface area contributed by atoms with Crippen molar-refractivity contribution in [1.29, 1.82) is 5.26 Å². The fourth-order valence-electron chi connectivity index (χ4n) is 4.74. The van der Waals surface area contributed by atoms with Gasteiger partial charge in [-0.05, 0) is 56.2 Å². The smallest absolute Gasteiger partial charge is 0.271 e. The number of piperidine rings is 1. The molecule has 190 valence electrons. The van der Waals surface area contributed by atoms with Gasteiger partial charge in [-0.1, -0.05) is 12.1 Å². The zero-order valence-corrected chi connectivity index (χ0v) is 20.6. The number of nitrogens with two attached hydrogens (primary N) is 1. The molecule has 1 saturated heterocycles. The second kappa shape index (κ2) is 10.3. The minimum absolute atomic E-state index is 0.000873. The first-order valence-electron chi connectivity index (χ1n) is 12.4. The van der Waals surface area contributed by atoms with Crippen LogP contribution in [0.5, 0.6) is 0 Å².